The largest absolute Gasteiger partial charge is 0.305 e. The van der Waals surface area contributed by atoms with E-state index in [0.29, 0.717) is 12.0 Å². The van der Waals surface area contributed by atoms with Crippen LogP contribution in [-0.4, -0.2) is 22.9 Å². The lowest BCUT2D eigenvalue weighted by atomic mass is 9.95. The van der Waals surface area contributed by atoms with Gasteiger partial charge in [-0.15, -0.1) is 0 Å². The Morgan fingerprint density at radius 1 is 1.44 bits per heavy atom. The van der Waals surface area contributed by atoms with Crippen molar-refractivity contribution in [3.63, 3.8) is 0 Å². The van der Waals surface area contributed by atoms with Gasteiger partial charge in [0.2, 0.25) is 5.95 Å². The van der Waals surface area contributed by atoms with Gasteiger partial charge in [-0.25, -0.2) is 4.98 Å². The average molecular weight is 254 g/mol. The summed E-state index contributed by atoms with van der Waals surface area (Å²) in [5, 5.41) is 3.19. The molecule has 0 aromatic carbocycles. The molecular weight excluding hydrogens is 231 g/mol. The Hall–Kier alpha value is -1.29. The van der Waals surface area contributed by atoms with Gasteiger partial charge in [0.1, 0.15) is 0 Å². The van der Waals surface area contributed by atoms with Gasteiger partial charge in [-0.2, -0.15) is 4.39 Å². The molecule has 4 heteroatoms. The summed E-state index contributed by atoms with van der Waals surface area (Å²) in [6.07, 6.45) is 1.75. The minimum atomic E-state index is -0.496. The highest BCUT2D eigenvalue weighted by Gasteiger charge is 2.23. The van der Waals surface area contributed by atoms with Gasteiger partial charge in [-0.3, -0.25) is 4.79 Å². The second-order valence-corrected chi connectivity index (χ2v) is 5.09. The normalized spacial score (nSPS) is 13.1. The van der Waals surface area contributed by atoms with Crippen LogP contribution >= 0.6 is 0 Å². The molecule has 1 atom stereocenters. The minimum Gasteiger partial charge on any atom is -0.305 e. The number of nitrogens with zero attached hydrogens (tertiary/aromatic N) is 1. The van der Waals surface area contributed by atoms with Crippen LogP contribution in [0.4, 0.5) is 4.39 Å². The molecule has 0 aliphatic rings. The number of carbonyl (C=O) groups excluding carboxylic acids is 1. The quantitative estimate of drug-likeness (QED) is 0.793. The second-order valence-electron chi connectivity index (χ2n) is 5.09. The van der Waals surface area contributed by atoms with Crippen molar-refractivity contribution < 1.29 is 10.6 Å². The molecule has 0 fully saturated rings. The van der Waals surface area contributed by atoms with E-state index >= 15 is 0 Å². The predicted octanol–water partition coefficient (Wildman–Crippen LogP) is 2.60. The fraction of sp³-hybridized carbons (Fsp3) is 0.571. The highest BCUT2D eigenvalue weighted by atomic mass is 19.1. The van der Waals surface area contributed by atoms with Crippen molar-refractivity contribution in [1.82, 2.24) is 10.3 Å². The van der Waals surface area contributed by atoms with Crippen LogP contribution in [0, 0.1) is 11.9 Å². The lowest BCUT2D eigenvalue weighted by Gasteiger charge is -2.22. The summed E-state index contributed by atoms with van der Waals surface area (Å²) >= 11 is 0. The van der Waals surface area contributed by atoms with E-state index in [4.69, 9.17) is 0 Å². The Morgan fingerprint density at radius 3 is 2.61 bits per heavy atom. The average Bonchev–Trinajstić information content (AvgIpc) is 2.29. The van der Waals surface area contributed by atoms with Crippen LogP contribution in [0.3, 0.4) is 0 Å². The summed E-state index contributed by atoms with van der Waals surface area (Å²) < 4.78 is 13.5. The van der Waals surface area contributed by atoms with Crippen molar-refractivity contribution in [2.45, 2.75) is 46.2 Å². The van der Waals surface area contributed by atoms with Gasteiger partial charge in [0.15, 0.2) is 5.78 Å². The topological polar surface area (TPSA) is 42.0 Å². The molecule has 0 bridgehead atoms. The third-order valence-corrected chi connectivity index (χ3v) is 2.71. The lowest BCUT2D eigenvalue weighted by molar-refractivity contribution is -0.124. The highest BCUT2D eigenvalue weighted by molar-refractivity contribution is 5.86. The molecule has 0 aliphatic heterocycles. The number of aromatic nitrogens is 1. The van der Waals surface area contributed by atoms with Crippen molar-refractivity contribution in [1.29, 1.82) is 0 Å². The van der Waals surface area contributed by atoms with Crippen LogP contribution in [0.1, 0.15) is 34.7 Å². The highest BCUT2D eigenvalue weighted by Crippen LogP contribution is 2.11. The molecular formula is C14H23FN2O. The molecule has 1 heterocycles. The number of ketones is 1. The van der Waals surface area contributed by atoms with Gasteiger partial charge >= 0.3 is 0 Å². The summed E-state index contributed by atoms with van der Waals surface area (Å²) in [5.74, 6) is -0.461. The maximum absolute atomic E-state index is 13.5. The van der Waals surface area contributed by atoms with Gasteiger partial charge in [-0.05, 0) is 12.5 Å². The number of hydrogen-bond acceptors (Lipinski definition) is 3. The zero-order valence-electron chi connectivity index (χ0n) is 11.4. The molecule has 0 saturated carbocycles. The number of halogens is 1. The molecule has 0 radical (unpaired) electrons. The van der Waals surface area contributed by atoms with Crippen LogP contribution in [-0.2, 0) is 11.2 Å². The Labute approximate surface area is 109 Å². The van der Waals surface area contributed by atoms with Crippen molar-refractivity contribution in [3.05, 3.63) is 29.8 Å². The van der Waals surface area contributed by atoms with Gasteiger partial charge in [0.25, 0.3) is 0 Å². The van der Waals surface area contributed by atoms with Crippen LogP contribution in [0.15, 0.2) is 18.3 Å². The molecule has 1 aromatic rings. The maximum Gasteiger partial charge on any atom is 0.216 e. The first-order valence-corrected chi connectivity index (χ1v) is 6.31. The van der Waals surface area contributed by atoms with Crippen molar-refractivity contribution in [2.75, 3.05) is 0 Å². The smallest absolute Gasteiger partial charge is 0.216 e. The van der Waals surface area contributed by atoms with E-state index in [2.05, 4.69) is 10.3 Å². The standard InChI is InChI=1S/C14H21FN2O.H2/c1-9(2)13(18)12(17-10(3)4)8-11-6-5-7-16-14(11)15;/h5-7,9-10,12,17H,8H2,1-4H3;1H/t12-;/m0./s1. The lowest BCUT2D eigenvalue weighted by Crippen LogP contribution is -2.44. The molecule has 18 heavy (non-hydrogen) atoms. The number of hydrogen-bond donors (Lipinski definition) is 1. The number of nitrogens with one attached hydrogen (secondary N) is 1. The monoisotopic (exact) mass is 254 g/mol. The zero-order valence-corrected chi connectivity index (χ0v) is 11.4. The molecule has 0 aliphatic carbocycles. The molecule has 1 rings (SSSR count). The van der Waals surface area contributed by atoms with E-state index in [9.17, 15) is 9.18 Å². The van der Waals surface area contributed by atoms with E-state index in [1.165, 1.54) is 6.20 Å². The summed E-state index contributed by atoms with van der Waals surface area (Å²) in [6.45, 7) is 7.66. The number of Topliss-reactive ketones (excluding diaryl/α,β-unsaturated/α-hetero) is 1. The van der Waals surface area contributed by atoms with Crippen LogP contribution in [0.5, 0.6) is 0 Å². The fourth-order valence-corrected chi connectivity index (χ4v) is 1.84. The van der Waals surface area contributed by atoms with Crippen molar-refractivity contribution >= 4 is 5.78 Å². The summed E-state index contributed by atoms with van der Waals surface area (Å²) in [6, 6.07) is 3.18. The fourth-order valence-electron chi connectivity index (χ4n) is 1.84. The van der Waals surface area contributed by atoms with Gasteiger partial charge in [0.05, 0.1) is 6.04 Å². The number of carbonyl (C=O) groups is 1. The summed E-state index contributed by atoms with van der Waals surface area (Å²) in [4.78, 5) is 15.7. The van der Waals surface area contributed by atoms with E-state index < -0.39 is 5.95 Å². The number of rotatable bonds is 6. The Kier molecular flexibility index (Phi) is 5.41. The Balaban J connectivity index is 0.00000324. The first kappa shape index (κ1) is 14.8. The molecule has 102 valence electrons. The Morgan fingerprint density at radius 2 is 2.11 bits per heavy atom. The maximum atomic E-state index is 13.5. The van der Waals surface area contributed by atoms with E-state index in [0.717, 1.165) is 0 Å². The van der Waals surface area contributed by atoms with Gasteiger partial charge < -0.3 is 5.32 Å². The van der Waals surface area contributed by atoms with Crippen molar-refractivity contribution in [3.8, 4) is 0 Å². The second kappa shape index (κ2) is 6.59. The molecule has 0 saturated heterocycles. The number of pyridine rings is 1. The molecule has 3 nitrogen and oxygen atoms in total. The summed E-state index contributed by atoms with van der Waals surface area (Å²) in [5.41, 5.74) is 0.477. The first-order chi connectivity index (χ1) is 8.41. The molecule has 0 spiro atoms. The van der Waals surface area contributed by atoms with E-state index in [-0.39, 0.29) is 25.2 Å². The van der Waals surface area contributed by atoms with Gasteiger partial charge in [0, 0.05) is 25.1 Å². The first-order valence-electron chi connectivity index (χ1n) is 6.31. The molecule has 1 aromatic heterocycles. The third-order valence-electron chi connectivity index (χ3n) is 2.71. The van der Waals surface area contributed by atoms with Gasteiger partial charge in [-0.1, -0.05) is 33.8 Å². The van der Waals surface area contributed by atoms with Crippen LogP contribution < -0.4 is 5.32 Å². The Bertz CT molecular complexity index is 410. The van der Waals surface area contributed by atoms with E-state index in [1.807, 2.05) is 27.7 Å². The minimum absolute atomic E-state index is 0. The zero-order chi connectivity index (χ0) is 13.7. The summed E-state index contributed by atoms with van der Waals surface area (Å²) in [7, 11) is 0. The third kappa shape index (κ3) is 4.18. The molecule has 1 N–H and O–H groups in total. The van der Waals surface area contributed by atoms with Crippen LogP contribution in [0.25, 0.3) is 0 Å². The van der Waals surface area contributed by atoms with Crippen LogP contribution in [0.2, 0.25) is 0 Å². The molecule has 0 unspecified atom stereocenters. The molecule has 0 amide bonds. The SMILES string of the molecule is CC(C)N[C@@H](Cc1cccnc1F)C(=O)C(C)C.[HH]. The van der Waals surface area contributed by atoms with E-state index in [1.54, 1.807) is 12.1 Å². The predicted molar refractivity (Wildman–Crippen MR) is 71.9 cm³/mol. The van der Waals surface area contributed by atoms with Crippen molar-refractivity contribution in [2.24, 2.45) is 5.92 Å².